The second kappa shape index (κ2) is 3.55. The van der Waals surface area contributed by atoms with Crippen LogP contribution in [0, 0.1) is 11.3 Å². The zero-order valence-corrected chi connectivity index (χ0v) is 8.52. The zero-order valence-electron chi connectivity index (χ0n) is 7.01. The standard InChI is InChI=1S/C9H8Cl2N2/c1-9(13,5-12)7-3-2-6(10)4-8(7)11/h2-4H,13H2,1H3. The van der Waals surface area contributed by atoms with Crippen molar-refractivity contribution in [1.82, 2.24) is 0 Å². The predicted octanol–water partition coefficient (Wildman–Crippen LogP) is 2.69. The van der Waals surface area contributed by atoms with Crippen LogP contribution >= 0.6 is 23.2 Å². The first kappa shape index (κ1) is 10.3. The Bertz CT molecular complexity index is 366. The van der Waals surface area contributed by atoms with E-state index in [-0.39, 0.29) is 0 Å². The highest BCUT2D eigenvalue weighted by molar-refractivity contribution is 6.35. The number of rotatable bonds is 1. The first-order chi connectivity index (χ1) is 5.97. The number of nitrogens with zero attached hydrogens (tertiary/aromatic N) is 1. The van der Waals surface area contributed by atoms with E-state index in [0.717, 1.165) is 0 Å². The molecule has 2 N–H and O–H groups in total. The molecule has 0 fully saturated rings. The molecule has 0 saturated carbocycles. The minimum Gasteiger partial charge on any atom is -0.310 e. The van der Waals surface area contributed by atoms with Crippen molar-refractivity contribution in [1.29, 1.82) is 5.26 Å². The van der Waals surface area contributed by atoms with E-state index in [1.807, 2.05) is 6.07 Å². The molecule has 1 unspecified atom stereocenters. The molecule has 1 aromatic rings. The number of benzene rings is 1. The third-order valence-corrected chi connectivity index (χ3v) is 2.27. The Labute approximate surface area is 86.9 Å². The second-order valence-electron chi connectivity index (χ2n) is 2.94. The minimum atomic E-state index is -1.07. The fourth-order valence-corrected chi connectivity index (χ4v) is 1.58. The lowest BCUT2D eigenvalue weighted by atomic mass is 9.95. The van der Waals surface area contributed by atoms with Gasteiger partial charge in [0.05, 0.1) is 6.07 Å². The van der Waals surface area contributed by atoms with Crippen LogP contribution in [0.1, 0.15) is 12.5 Å². The van der Waals surface area contributed by atoms with Crippen LogP contribution in [0.2, 0.25) is 10.0 Å². The molecule has 68 valence electrons. The third kappa shape index (κ3) is 2.13. The quantitative estimate of drug-likeness (QED) is 0.782. The lowest BCUT2D eigenvalue weighted by molar-refractivity contribution is 0.647. The number of halogens is 2. The lowest BCUT2D eigenvalue weighted by Crippen LogP contribution is -2.31. The van der Waals surface area contributed by atoms with E-state index in [2.05, 4.69) is 0 Å². The van der Waals surface area contributed by atoms with E-state index in [4.69, 9.17) is 34.2 Å². The van der Waals surface area contributed by atoms with Gasteiger partial charge in [-0.1, -0.05) is 29.3 Å². The summed E-state index contributed by atoms with van der Waals surface area (Å²) in [4.78, 5) is 0. The molecule has 4 heteroatoms. The molecule has 0 spiro atoms. The molecule has 1 aromatic carbocycles. The molecule has 0 saturated heterocycles. The number of nitriles is 1. The molecule has 0 amide bonds. The Morgan fingerprint density at radius 2 is 2.08 bits per heavy atom. The van der Waals surface area contributed by atoms with Gasteiger partial charge in [-0.3, -0.25) is 0 Å². The summed E-state index contributed by atoms with van der Waals surface area (Å²) in [6, 6.07) is 6.86. The van der Waals surface area contributed by atoms with Crippen LogP contribution in [0.4, 0.5) is 0 Å². The van der Waals surface area contributed by atoms with Gasteiger partial charge in [-0.2, -0.15) is 5.26 Å². The summed E-state index contributed by atoms with van der Waals surface area (Å²) in [5.74, 6) is 0. The summed E-state index contributed by atoms with van der Waals surface area (Å²) >= 11 is 11.6. The maximum Gasteiger partial charge on any atom is 0.128 e. The Morgan fingerprint density at radius 1 is 1.46 bits per heavy atom. The highest BCUT2D eigenvalue weighted by Crippen LogP contribution is 2.28. The smallest absolute Gasteiger partial charge is 0.128 e. The van der Waals surface area contributed by atoms with Gasteiger partial charge in [-0.15, -0.1) is 0 Å². The van der Waals surface area contributed by atoms with Gasteiger partial charge in [0.1, 0.15) is 5.54 Å². The molecule has 0 heterocycles. The van der Waals surface area contributed by atoms with Crippen LogP contribution in [0.5, 0.6) is 0 Å². The highest BCUT2D eigenvalue weighted by atomic mass is 35.5. The zero-order chi connectivity index (χ0) is 10.1. The number of hydrogen-bond acceptors (Lipinski definition) is 2. The first-order valence-corrected chi connectivity index (χ1v) is 4.38. The molecule has 0 aromatic heterocycles. The molecule has 0 aliphatic carbocycles. The van der Waals surface area contributed by atoms with Crippen LogP contribution in [0.15, 0.2) is 18.2 Å². The van der Waals surface area contributed by atoms with E-state index >= 15 is 0 Å². The highest BCUT2D eigenvalue weighted by Gasteiger charge is 2.23. The van der Waals surface area contributed by atoms with Crippen molar-refractivity contribution < 1.29 is 0 Å². The molecular formula is C9H8Cl2N2. The van der Waals surface area contributed by atoms with Gasteiger partial charge in [0.2, 0.25) is 0 Å². The second-order valence-corrected chi connectivity index (χ2v) is 3.78. The van der Waals surface area contributed by atoms with E-state index in [0.29, 0.717) is 15.6 Å². The predicted molar refractivity (Wildman–Crippen MR) is 53.6 cm³/mol. The number of nitrogens with two attached hydrogens (primary N) is 1. The summed E-state index contributed by atoms with van der Waals surface area (Å²) in [7, 11) is 0. The van der Waals surface area contributed by atoms with Gasteiger partial charge in [0.25, 0.3) is 0 Å². The van der Waals surface area contributed by atoms with E-state index in [9.17, 15) is 0 Å². The van der Waals surface area contributed by atoms with Gasteiger partial charge in [0.15, 0.2) is 0 Å². The van der Waals surface area contributed by atoms with Gasteiger partial charge in [-0.05, 0) is 19.1 Å². The van der Waals surface area contributed by atoms with E-state index in [1.165, 1.54) is 0 Å². The minimum absolute atomic E-state index is 0.416. The van der Waals surface area contributed by atoms with Crippen LogP contribution < -0.4 is 5.73 Å². The lowest BCUT2D eigenvalue weighted by Gasteiger charge is -2.17. The Kier molecular flexibility index (Phi) is 2.82. The van der Waals surface area contributed by atoms with Crippen molar-refractivity contribution in [3.63, 3.8) is 0 Å². The summed E-state index contributed by atoms with van der Waals surface area (Å²) in [6.45, 7) is 1.60. The number of hydrogen-bond donors (Lipinski definition) is 1. The normalized spacial score (nSPS) is 14.7. The van der Waals surface area contributed by atoms with Crippen molar-refractivity contribution in [3.8, 4) is 6.07 Å². The van der Waals surface area contributed by atoms with Crippen molar-refractivity contribution in [3.05, 3.63) is 33.8 Å². The van der Waals surface area contributed by atoms with Crippen molar-refractivity contribution in [2.75, 3.05) is 0 Å². The van der Waals surface area contributed by atoms with Crippen molar-refractivity contribution >= 4 is 23.2 Å². The van der Waals surface area contributed by atoms with Crippen LogP contribution in [0.25, 0.3) is 0 Å². The molecule has 2 nitrogen and oxygen atoms in total. The molecule has 1 rings (SSSR count). The monoisotopic (exact) mass is 214 g/mol. The maximum absolute atomic E-state index is 8.77. The van der Waals surface area contributed by atoms with Gasteiger partial charge in [-0.25, -0.2) is 0 Å². The Hall–Kier alpha value is -0.750. The first-order valence-electron chi connectivity index (χ1n) is 3.63. The average Bonchev–Trinajstić information content (AvgIpc) is 2.03. The van der Waals surface area contributed by atoms with Gasteiger partial charge < -0.3 is 5.73 Å². The largest absolute Gasteiger partial charge is 0.310 e. The Balaban J connectivity index is 3.26. The topological polar surface area (TPSA) is 49.8 Å². The third-order valence-electron chi connectivity index (χ3n) is 1.72. The van der Waals surface area contributed by atoms with E-state index in [1.54, 1.807) is 25.1 Å². The van der Waals surface area contributed by atoms with Crippen LogP contribution in [-0.4, -0.2) is 0 Å². The van der Waals surface area contributed by atoms with Gasteiger partial charge in [0, 0.05) is 15.6 Å². The van der Waals surface area contributed by atoms with Crippen LogP contribution in [0.3, 0.4) is 0 Å². The van der Waals surface area contributed by atoms with Gasteiger partial charge >= 0.3 is 0 Å². The summed E-state index contributed by atoms with van der Waals surface area (Å²) < 4.78 is 0. The molecule has 0 bridgehead atoms. The molecule has 0 aliphatic rings. The molecule has 13 heavy (non-hydrogen) atoms. The van der Waals surface area contributed by atoms with Crippen LogP contribution in [-0.2, 0) is 5.54 Å². The Morgan fingerprint density at radius 3 is 2.54 bits per heavy atom. The van der Waals surface area contributed by atoms with Crippen molar-refractivity contribution in [2.45, 2.75) is 12.5 Å². The van der Waals surface area contributed by atoms with E-state index < -0.39 is 5.54 Å². The molecule has 0 radical (unpaired) electrons. The molecule has 0 aliphatic heterocycles. The summed E-state index contributed by atoms with van der Waals surface area (Å²) in [5, 5.41) is 9.72. The summed E-state index contributed by atoms with van der Waals surface area (Å²) in [5.41, 5.74) is 5.22. The molecule has 1 atom stereocenters. The SMILES string of the molecule is CC(N)(C#N)c1ccc(Cl)cc1Cl. The van der Waals surface area contributed by atoms with Crippen molar-refractivity contribution in [2.24, 2.45) is 5.73 Å². The molecular weight excluding hydrogens is 207 g/mol. The maximum atomic E-state index is 8.77. The fraction of sp³-hybridized carbons (Fsp3) is 0.222. The average molecular weight is 215 g/mol. The fourth-order valence-electron chi connectivity index (χ4n) is 0.971. The summed E-state index contributed by atoms with van der Waals surface area (Å²) in [6.07, 6.45) is 0.